The van der Waals surface area contributed by atoms with Crippen LogP contribution in [-0.2, 0) is 18.3 Å². The summed E-state index contributed by atoms with van der Waals surface area (Å²) in [6, 6.07) is 8.79. The summed E-state index contributed by atoms with van der Waals surface area (Å²) in [6.07, 6.45) is 1.17. The summed E-state index contributed by atoms with van der Waals surface area (Å²) in [5.41, 5.74) is 4.20. The van der Waals surface area contributed by atoms with E-state index >= 15 is 0 Å². The van der Waals surface area contributed by atoms with Gasteiger partial charge in [-0.25, -0.2) is 0 Å². The molecule has 1 aromatic heterocycles. The number of hydrogen-bond acceptors (Lipinski definition) is 2. The molecule has 0 saturated carbocycles. The van der Waals surface area contributed by atoms with E-state index in [1.165, 1.54) is 23.2 Å². The van der Waals surface area contributed by atoms with Crippen LogP contribution in [0.3, 0.4) is 0 Å². The molecular weight excluding hydrogens is 374 g/mol. The van der Waals surface area contributed by atoms with E-state index in [9.17, 15) is 0 Å². The molecule has 0 atom stereocenters. The third kappa shape index (κ3) is 2.38. The maximum absolute atomic E-state index is 3.58. The van der Waals surface area contributed by atoms with Crippen LogP contribution < -0.4 is 4.90 Å². The van der Waals surface area contributed by atoms with Crippen molar-refractivity contribution in [1.29, 1.82) is 0 Å². The van der Waals surface area contributed by atoms with E-state index in [4.69, 9.17) is 0 Å². The number of alkyl halides is 1. The van der Waals surface area contributed by atoms with E-state index in [-0.39, 0.29) is 0 Å². The largest absolute Gasteiger partial charge is 0.367 e. The van der Waals surface area contributed by atoms with Crippen molar-refractivity contribution in [2.45, 2.75) is 18.3 Å². The summed E-state index contributed by atoms with van der Waals surface area (Å²) in [4.78, 5) is 4.04. The summed E-state index contributed by atoms with van der Waals surface area (Å²) in [6.45, 7) is 2.15. The number of benzene rings is 1. The normalized spacial score (nSPS) is 14.7. The molecule has 1 nitrogen and oxygen atoms in total. The van der Waals surface area contributed by atoms with E-state index in [2.05, 4.69) is 66.4 Å². The number of hydrogen-bond donors (Lipinski definition) is 0. The Morgan fingerprint density at radius 1 is 1.28 bits per heavy atom. The fraction of sp³-hybridized carbons (Fsp3) is 0.286. The molecule has 1 aliphatic heterocycles. The smallest absolute Gasteiger partial charge is 0.0440 e. The third-order valence-electron chi connectivity index (χ3n) is 3.34. The Morgan fingerprint density at radius 2 is 2.17 bits per heavy atom. The van der Waals surface area contributed by atoms with Crippen molar-refractivity contribution in [1.82, 2.24) is 0 Å². The molecule has 0 saturated heterocycles. The van der Waals surface area contributed by atoms with E-state index in [1.54, 1.807) is 4.88 Å². The van der Waals surface area contributed by atoms with Gasteiger partial charge in [0.05, 0.1) is 0 Å². The molecule has 0 N–H and O–H groups in total. The van der Waals surface area contributed by atoms with Gasteiger partial charge >= 0.3 is 0 Å². The van der Waals surface area contributed by atoms with Crippen molar-refractivity contribution in [2.75, 3.05) is 11.4 Å². The maximum Gasteiger partial charge on any atom is 0.0440 e. The minimum atomic E-state index is 0.905. The first kappa shape index (κ1) is 12.7. The van der Waals surface area contributed by atoms with Gasteiger partial charge in [-0.05, 0) is 41.1 Å². The molecule has 18 heavy (non-hydrogen) atoms. The highest BCUT2D eigenvalue weighted by molar-refractivity contribution is 9.10. The summed E-state index contributed by atoms with van der Waals surface area (Å²) >= 11 is 9.05. The van der Waals surface area contributed by atoms with Gasteiger partial charge in [0.15, 0.2) is 0 Å². The Hall–Kier alpha value is -0.320. The van der Waals surface area contributed by atoms with Crippen LogP contribution in [0.1, 0.15) is 16.0 Å². The lowest BCUT2D eigenvalue weighted by Crippen LogP contribution is -2.30. The molecule has 2 heterocycles. The van der Waals surface area contributed by atoms with Crippen LogP contribution in [0.2, 0.25) is 0 Å². The van der Waals surface area contributed by atoms with Gasteiger partial charge in [-0.15, -0.1) is 11.3 Å². The van der Waals surface area contributed by atoms with Gasteiger partial charge in [0.1, 0.15) is 0 Å². The number of nitrogens with zero attached hydrogens (tertiary/aromatic N) is 1. The molecular formula is C14H13Br2NS. The first-order chi connectivity index (χ1) is 8.78. The van der Waals surface area contributed by atoms with Gasteiger partial charge in [0.2, 0.25) is 0 Å². The Morgan fingerprint density at radius 3 is 3.00 bits per heavy atom. The quantitative estimate of drug-likeness (QED) is 0.658. The Labute approximate surface area is 128 Å². The number of halogens is 2. The van der Waals surface area contributed by atoms with Crippen molar-refractivity contribution in [3.8, 4) is 0 Å². The molecule has 94 valence electrons. The lowest BCUT2D eigenvalue weighted by Gasteiger charge is -2.30. The molecule has 2 aromatic rings. The van der Waals surface area contributed by atoms with Crippen molar-refractivity contribution >= 4 is 48.9 Å². The Balaban J connectivity index is 1.94. The van der Waals surface area contributed by atoms with Crippen LogP contribution >= 0.6 is 43.2 Å². The van der Waals surface area contributed by atoms with E-state index in [1.807, 2.05) is 11.3 Å². The lowest BCUT2D eigenvalue weighted by atomic mass is 10.1. The molecule has 0 fully saturated rings. The van der Waals surface area contributed by atoms with E-state index in [0.29, 0.717) is 0 Å². The summed E-state index contributed by atoms with van der Waals surface area (Å²) in [5.74, 6) is 0. The Bertz CT molecular complexity index is 565. The number of anilines is 1. The van der Waals surface area contributed by atoms with Crippen molar-refractivity contribution in [2.24, 2.45) is 0 Å². The zero-order valence-electron chi connectivity index (χ0n) is 9.83. The minimum absolute atomic E-state index is 0.905. The predicted molar refractivity (Wildman–Crippen MR) is 85.8 cm³/mol. The lowest BCUT2D eigenvalue weighted by molar-refractivity contribution is 0.741. The molecule has 3 rings (SSSR count). The fourth-order valence-electron chi connectivity index (χ4n) is 2.40. The highest BCUT2D eigenvalue weighted by Crippen LogP contribution is 2.32. The second kappa shape index (κ2) is 5.35. The van der Waals surface area contributed by atoms with Crippen LogP contribution in [-0.4, -0.2) is 6.54 Å². The first-order valence-electron chi connectivity index (χ1n) is 5.92. The van der Waals surface area contributed by atoms with Gasteiger partial charge < -0.3 is 4.90 Å². The topological polar surface area (TPSA) is 3.24 Å². The van der Waals surface area contributed by atoms with Gasteiger partial charge in [-0.1, -0.05) is 37.9 Å². The average Bonchev–Trinajstić information content (AvgIpc) is 2.85. The summed E-state index contributed by atoms with van der Waals surface area (Å²) < 4.78 is 1.15. The summed E-state index contributed by atoms with van der Waals surface area (Å²) in [7, 11) is 0. The van der Waals surface area contributed by atoms with Crippen LogP contribution in [0.4, 0.5) is 5.69 Å². The maximum atomic E-state index is 3.58. The third-order valence-corrected chi connectivity index (χ3v) is 5.46. The highest BCUT2D eigenvalue weighted by atomic mass is 79.9. The molecule has 0 spiro atoms. The van der Waals surface area contributed by atoms with Crippen LogP contribution in [0.5, 0.6) is 0 Å². The Kier molecular flexibility index (Phi) is 3.78. The number of fused-ring (bicyclic) bond motifs is 1. The van der Waals surface area contributed by atoms with Crippen LogP contribution in [0.25, 0.3) is 0 Å². The number of rotatable bonds is 2. The molecule has 1 aliphatic rings. The molecule has 4 heteroatoms. The molecule has 0 bridgehead atoms. The van der Waals surface area contributed by atoms with Crippen molar-refractivity contribution in [3.05, 3.63) is 50.1 Å². The average molecular weight is 387 g/mol. The molecule has 0 amide bonds. The van der Waals surface area contributed by atoms with Crippen LogP contribution in [0, 0.1) is 0 Å². The SMILES string of the molecule is BrCc1ccc(Br)cc1N1CCc2sccc2C1. The summed E-state index contributed by atoms with van der Waals surface area (Å²) in [5, 5.41) is 3.11. The second-order valence-electron chi connectivity index (χ2n) is 4.45. The highest BCUT2D eigenvalue weighted by Gasteiger charge is 2.19. The number of thiophene rings is 1. The van der Waals surface area contributed by atoms with E-state index in [0.717, 1.165) is 22.9 Å². The van der Waals surface area contributed by atoms with Gasteiger partial charge in [-0.3, -0.25) is 0 Å². The molecule has 0 radical (unpaired) electrons. The predicted octanol–water partition coefficient (Wildman–Crippen LogP) is 4.97. The zero-order valence-corrected chi connectivity index (χ0v) is 13.8. The van der Waals surface area contributed by atoms with Gasteiger partial charge in [0, 0.05) is 33.5 Å². The minimum Gasteiger partial charge on any atom is -0.367 e. The molecule has 1 aromatic carbocycles. The van der Waals surface area contributed by atoms with Crippen molar-refractivity contribution < 1.29 is 0 Å². The zero-order chi connectivity index (χ0) is 12.5. The molecule has 0 unspecified atom stereocenters. The second-order valence-corrected chi connectivity index (χ2v) is 6.92. The fourth-order valence-corrected chi connectivity index (χ4v) is 4.11. The van der Waals surface area contributed by atoms with Gasteiger partial charge in [-0.2, -0.15) is 0 Å². The standard InChI is InChI=1S/C14H13Br2NS/c15-8-10-1-2-12(16)7-13(10)17-5-3-14-11(9-17)4-6-18-14/h1-2,4,6-7H,3,5,8-9H2. The van der Waals surface area contributed by atoms with Crippen molar-refractivity contribution in [3.63, 3.8) is 0 Å². The molecule has 0 aliphatic carbocycles. The van der Waals surface area contributed by atoms with E-state index < -0.39 is 0 Å². The van der Waals surface area contributed by atoms with Gasteiger partial charge in [0.25, 0.3) is 0 Å². The monoisotopic (exact) mass is 385 g/mol. The van der Waals surface area contributed by atoms with Crippen LogP contribution in [0.15, 0.2) is 34.1 Å². The first-order valence-corrected chi connectivity index (χ1v) is 8.72.